The zero-order valence-electron chi connectivity index (χ0n) is 23.0. The Bertz CT molecular complexity index is 1020. The maximum Gasteiger partial charge on any atom is 0.407 e. The molecule has 3 fully saturated rings. The quantitative estimate of drug-likeness (QED) is 0.426. The van der Waals surface area contributed by atoms with Crippen molar-refractivity contribution in [2.24, 2.45) is 0 Å². The molecule has 12 nitrogen and oxygen atoms in total. The highest BCUT2D eigenvalue weighted by Gasteiger charge is 2.48. The van der Waals surface area contributed by atoms with Crippen molar-refractivity contribution in [1.82, 2.24) is 31.0 Å². The van der Waals surface area contributed by atoms with E-state index >= 15 is 0 Å². The lowest BCUT2D eigenvalue weighted by Gasteiger charge is -2.32. The molecule has 3 aliphatic heterocycles. The highest BCUT2D eigenvalue weighted by molar-refractivity contribution is 5.90. The van der Waals surface area contributed by atoms with E-state index in [0.29, 0.717) is 25.9 Å². The molecule has 1 aromatic carbocycles. The van der Waals surface area contributed by atoms with Crippen molar-refractivity contribution in [3.63, 3.8) is 0 Å². The molecular formula is C27H40N6O6. The molecular weight excluding hydrogens is 504 g/mol. The van der Waals surface area contributed by atoms with E-state index in [9.17, 15) is 19.2 Å². The first-order chi connectivity index (χ1) is 18.6. The van der Waals surface area contributed by atoms with Crippen LogP contribution in [0.5, 0.6) is 0 Å². The Balaban J connectivity index is 1.13. The first-order valence-corrected chi connectivity index (χ1v) is 13.7. The van der Waals surface area contributed by atoms with Crippen molar-refractivity contribution >= 4 is 23.9 Å². The first-order valence-electron chi connectivity index (χ1n) is 13.7. The monoisotopic (exact) mass is 544 g/mol. The molecule has 214 valence electrons. The molecule has 3 saturated heterocycles. The number of ether oxygens (including phenoxy) is 1. The Morgan fingerprint density at radius 3 is 2.41 bits per heavy atom. The highest BCUT2D eigenvalue weighted by atomic mass is 16.7. The van der Waals surface area contributed by atoms with Crippen LogP contribution in [0.25, 0.3) is 0 Å². The van der Waals surface area contributed by atoms with Crippen LogP contribution in [0.15, 0.2) is 30.3 Å². The number of carbonyl (C=O) groups is 4. The van der Waals surface area contributed by atoms with E-state index in [1.165, 1.54) is 9.96 Å². The van der Waals surface area contributed by atoms with Crippen LogP contribution in [-0.4, -0.2) is 88.7 Å². The van der Waals surface area contributed by atoms with Gasteiger partial charge in [0.2, 0.25) is 5.91 Å². The van der Waals surface area contributed by atoms with Crippen molar-refractivity contribution in [2.45, 2.75) is 83.2 Å². The van der Waals surface area contributed by atoms with Crippen LogP contribution in [0.1, 0.15) is 58.4 Å². The van der Waals surface area contributed by atoms with E-state index in [0.717, 1.165) is 31.5 Å². The fraction of sp³-hybridized carbons (Fsp3) is 0.630. The summed E-state index contributed by atoms with van der Waals surface area (Å²) in [6.07, 6.45) is 2.50. The van der Waals surface area contributed by atoms with E-state index in [4.69, 9.17) is 9.57 Å². The first kappa shape index (κ1) is 28.6. The van der Waals surface area contributed by atoms with Crippen LogP contribution < -0.4 is 16.2 Å². The number of nitrogens with zero attached hydrogens (tertiary/aromatic N) is 3. The van der Waals surface area contributed by atoms with Gasteiger partial charge in [-0.2, -0.15) is 5.06 Å². The summed E-state index contributed by atoms with van der Waals surface area (Å²) in [5, 5.41) is 4.28. The van der Waals surface area contributed by atoms with Crippen LogP contribution in [0.4, 0.5) is 9.59 Å². The number of benzene rings is 1. The number of hydroxylamine groups is 2. The van der Waals surface area contributed by atoms with Crippen molar-refractivity contribution in [1.29, 1.82) is 0 Å². The number of amides is 5. The molecule has 3 N–H and O–H groups in total. The van der Waals surface area contributed by atoms with Gasteiger partial charge in [0.1, 0.15) is 18.2 Å². The van der Waals surface area contributed by atoms with Crippen LogP contribution in [0.2, 0.25) is 0 Å². The van der Waals surface area contributed by atoms with Gasteiger partial charge in [-0.05, 0) is 52.0 Å². The number of urea groups is 1. The lowest BCUT2D eigenvalue weighted by molar-refractivity contribution is -0.140. The highest BCUT2D eigenvalue weighted by Crippen LogP contribution is 2.30. The van der Waals surface area contributed by atoms with Crippen LogP contribution in [0.3, 0.4) is 0 Å². The number of hydrazine groups is 1. The van der Waals surface area contributed by atoms with Gasteiger partial charge in [-0.1, -0.05) is 30.3 Å². The third-order valence-corrected chi connectivity index (χ3v) is 7.13. The number of likely N-dealkylation sites (tertiary alicyclic amines) is 1. The second kappa shape index (κ2) is 12.6. The molecule has 5 amide bonds. The van der Waals surface area contributed by atoms with Gasteiger partial charge in [0.25, 0.3) is 5.91 Å². The molecule has 3 heterocycles. The number of carbonyl (C=O) groups excluding carboxylic acids is 4. The molecule has 0 radical (unpaired) electrons. The van der Waals surface area contributed by atoms with Crippen LogP contribution in [-0.2, 0) is 25.8 Å². The van der Waals surface area contributed by atoms with E-state index in [-0.39, 0.29) is 37.0 Å². The Morgan fingerprint density at radius 1 is 1.00 bits per heavy atom. The summed E-state index contributed by atoms with van der Waals surface area (Å²) in [5.41, 5.74) is 5.40. The molecule has 0 aromatic heterocycles. The second-order valence-electron chi connectivity index (χ2n) is 11.3. The number of piperidine rings is 2. The van der Waals surface area contributed by atoms with Gasteiger partial charge >= 0.3 is 12.1 Å². The topological polar surface area (TPSA) is 133 Å². The van der Waals surface area contributed by atoms with E-state index in [1.807, 2.05) is 51.1 Å². The SMILES string of the molecule is CC(C)(C)OC(=O)NC1CCN(CCC(=O)NNC(=O)C2CCC3CN2C(=O)N3OCc2ccccc2)CC1. The van der Waals surface area contributed by atoms with Gasteiger partial charge in [-0.25, -0.2) is 9.59 Å². The number of hydrogen-bond donors (Lipinski definition) is 3. The van der Waals surface area contributed by atoms with Crippen LogP contribution in [0, 0.1) is 0 Å². The van der Waals surface area contributed by atoms with Gasteiger partial charge in [-0.3, -0.25) is 25.3 Å². The van der Waals surface area contributed by atoms with Gasteiger partial charge in [0.15, 0.2) is 0 Å². The van der Waals surface area contributed by atoms with Crippen molar-refractivity contribution in [3.8, 4) is 0 Å². The molecule has 39 heavy (non-hydrogen) atoms. The Morgan fingerprint density at radius 2 is 1.72 bits per heavy atom. The minimum Gasteiger partial charge on any atom is -0.444 e. The van der Waals surface area contributed by atoms with Gasteiger partial charge in [0, 0.05) is 38.6 Å². The maximum absolute atomic E-state index is 12.9. The summed E-state index contributed by atoms with van der Waals surface area (Å²) in [4.78, 5) is 59.5. The van der Waals surface area contributed by atoms with E-state index < -0.39 is 23.6 Å². The molecule has 12 heteroatoms. The summed E-state index contributed by atoms with van der Waals surface area (Å²) in [6, 6.07) is 8.57. The third kappa shape index (κ3) is 8.06. The fourth-order valence-corrected chi connectivity index (χ4v) is 5.10. The van der Waals surface area contributed by atoms with Crippen molar-refractivity contribution in [2.75, 3.05) is 26.2 Å². The molecule has 2 unspecified atom stereocenters. The van der Waals surface area contributed by atoms with Crippen molar-refractivity contribution < 1.29 is 28.8 Å². The van der Waals surface area contributed by atoms with Gasteiger partial charge in [0.05, 0.1) is 6.04 Å². The third-order valence-electron chi connectivity index (χ3n) is 7.13. The second-order valence-corrected chi connectivity index (χ2v) is 11.3. The number of nitrogens with one attached hydrogen (secondary N) is 3. The minimum atomic E-state index is -0.657. The van der Waals surface area contributed by atoms with Gasteiger partial charge < -0.3 is 19.9 Å². The minimum absolute atomic E-state index is 0.0484. The molecule has 2 bridgehead atoms. The summed E-state index contributed by atoms with van der Waals surface area (Å²) < 4.78 is 5.31. The number of alkyl carbamates (subject to hydrolysis) is 1. The molecule has 1 aromatic rings. The average molecular weight is 545 g/mol. The molecule has 2 atom stereocenters. The smallest absolute Gasteiger partial charge is 0.407 e. The number of rotatable bonds is 8. The predicted octanol–water partition coefficient (Wildman–Crippen LogP) is 1.91. The molecule has 3 aliphatic rings. The Kier molecular flexibility index (Phi) is 9.28. The van der Waals surface area contributed by atoms with E-state index in [2.05, 4.69) is 21.1 Å². The van der Waals surface area contributed by atoms with Gasteiger partial charge in [-0.15, -0.1) is 0 Å². The van der Waals surface area contributed by atoms with E-state index in [1.54, 1.807) is 0 Å². The fourth-order valence-electron chi connectivity index (χ4n) is 5.10. The lowest BCUT2D eigenvalue weighted by Crippen LogP contribution is -2.54. The largest absolute Gasteiger partial charge is 0.444 e. The zero-order valence-corrected chi connectivity index (χ0v) is 23.0. The van der Waals surface area contributed by atoms with Crippen LogP contribution >= 0.6 is 0 Å². The summed E-state index contributed by atoms with van der Waals surface area (Å²) in [5.74, 6) is -0.708. The standard InChI is InChI=1S/C27H40N6O6/c1-27(2,3)39-25(36)28-20-11-14-31(15-12-20)16-13-23(34)29-30-24(35)22-10-9-21-17-32(22)26(37)33(21)38-18-19-7-5-4-6-8-19/h4-8,20-22H,9-18H2,1-3H3,(H,28,36)(H,29,34)(H,30,35). The Hall–Kier alpha value is -3.38. The normalized spacial score (nSPS) is 22.0. The summed E-state index contributed by atoms with van der Waals surface area (Å²) >= 11 is 0. The number of hydrogen-bond acceptors (Lipinski definition) is 7. The lowest BCUT2D eigenvalue weighted by atomic mass is 10.0. The molecule has 0 saturated carbocycles. The summed E-state index contributed by atoms with van der Waals surface area (Å²) in [6.45, 7) is 8.23. The van der Waals surface area contributed by atoms with Crippen molar-refractivity contribution in [3.05, 3.63) is 35.9 Å². The predicted molar refractivity (Wildman–Crippen MR) is 142 cm³/mol. The molecule has 0 spiro atoms. The number of fused-ring (bicyclic) bond motifs is 2. The maximum atomic E-state index is 12.9. The molecule has 0 aliphatic carbocycles. The average Bonchev–Trinajstić information content (AvgIpc) is 3.13. The Labute approximate surface area is 229 Å². The zero-order chi connectivity index (χ0) is 28.0. The summed E-state index contributed by atoms with van der Waals surface area (Å²) in [7, 11) is 0. The molecule has 4 rings (SSSR count).